The van der Waals surface area contributed by atoms with Crippen LogP contribution in [-0.4, -0.2) is 22.6 Å². The quantitative estimate of drug-likeness (QED) is 0.460. The number of benzene rings is 3. The summed E-state index contributed by atoms with van der Waals surface area (Å²) in [6, 6.07) is 22.6. The number of hydrogen-bond donors (Lipinski definition) is 1. The van der Waals surface area contributed by atoms with Crippen LogP contribution in [0.2, 0.25) is 5.02 Å². The first-order chi connectivity index (χ1) is 14.6. The van der Waals surface area contributed by atoms with E-state index in [1.54, 1.807) is 12.1 Å². The molecule has 0 bridgehead atoms. The Labute approximate surface area is 179 Å². The molecule has 4 aromatic rings. The Bertz CT molecular complexity index is 1150. The summed E-state index contributed by atoms with van der Waals surface area (Å²) in [6.45, 7) is 2.56. The summed E-state index contributed by atoms with van der Waals surface area (Å²) in [4.78, 5) is 12.4. The van der Waals surface area contributed by atoms with Gasteiger partial charge in [0, 0.05) is 28.3 Å². The molecule has 1 N–H and O–H groups in total. The molecule has 150 valence electrons. The van der Waals surface area contributed by atoms with Crippen molar-refractivity contribution in [1.29, 1.82) is 0 Å². The molecule has 0 unspecified atom stereocenters. The third-order valence-corrected chi connectivity index (χ3v) is 4.95. The molecule has 4 rings (SSSR count). The standard InChI is InChI=1S/C24H20ClN3O2/c1-16-3-2-4-20(15-16)24-28-27-23(30-24)19-9-7-18(8-10-19)22(29)26-14-13-17-5-11-21(25)12-6-17/h2-12,15H,13-14H2,1H3,(H,26,29). The molecule has 0 radical (unpaired) electrons. The van der Waals surface area contributed by atoms with Crippen LogP contribution in [0.1, 0.15) is 21.5 Å². The number of nitrogens with one attached hydrogen (secondary N) is 1. The minimum atomic E-state index is -0.124. The van der Waals surface area contributed by atoms with Crippen molar-refractivity contribution >= 4 is 17.5 Å². The van der Waals surface area contributed by atoms with E-state index in [0.717, 1.165) is 28.7 Å². The van der Waals surface area contributed by atoms with Gasteiger partial charge in [-0.3, -0.25) is 4.79 Å². The van der Waals surface area contributed by atoms with Crippen LogP contribution in [0.4, 0.5) is 0 Å². The van der Waals surface area contributed by atoms with Gasteiger partial charge in [0.25, 0.3) is 5.91 Å². The molecule has 0 spiro atoms. The zero-order chi connectivity index (χ0) is 20.9. The fourth-order valence-electron chi connectivity index (χ4n) is 3.07. The predicted molar refractivity (Wildman–Crippen MR) is 117 cm³/mol. The van der Waals surface area contributed by atoms with Crippen molar-refractivity contribution in [2.75, 3.05) is 6.54 Å². The van der Waals surface area contributed by atoms with E-state index in [4.69, 9.17) is 16.0 Å². The smallest absolute Gasteiger partial charge is 0.251 e. The molecule has 5 nitrogen and oxygen atoms in total. The number of carbonyl (C=O) groups excluding carboxylic acids is 1. The zero-order valence-electron chi connectivity index (χ0n) is 16.4. The molecule has 0 aliphatic carbocycles. The minimum absolute atomic E-state index is 0.124. The molecule has 0 saturated heterocycles. The van der Waals surface area contributed by atoms with Gasteiger partial charge in [-0.1, -0.05) is 41.4 Å². The number of carbonyl (C=O) groups is 1. The summed E-state index contributed by atoms with van der Waals surface area (Å²) in [6.07, 6.45) is 0.741. The third kappa shape index (κ3) is 4.75. The number of hydrogen-bond acceptors (Lipinski definition) is 4. The molecular weight excluding hydrogens is 398 g/mol. The van der Waals surface area contributed by atoms with E-state index in [1.165, 1.54) is 0 Å². The van der Waals surface area contributed by atoms with Gasteiger partial charge in [-0.25, -0.2) is 0 Å². The Morgan fingerprint density at radius 2 is 1.63 bits per heavy atom. The van der Waals surface area contributed by atoms with Gasteiger partial charge in [-0.15, -0.1) is 10.2 Å². The first-order valence-corrected chi connectivity index (χ1v) is 10.00. The van der Waals surface area contributed by atoms with Crippen molar-refractivity contribution in [2.24, 2.45) is 0 Å². The number of amides is 1. The minimum Gasteiger partial charge on any atom is -0.416 e. The molecule has 0 aliphatic rings. The topological polar surface area (TPSA) is 68.0 Å². The maximum atomic E-state index is 12.4. The fraction of sp³-hybridized carbons (Fsp3) is 0.125. The first-order valence-electron chi connectivity index (χ1n) is 9.62. The van der Waals surface area contributed by atoms with Gasteiger partial charge in [-0.05, 0) is 67.4 Å². The lowest BCUT2D eigenvalue weighted by atomic mass is 10.1. The van der Waals surface area contributed by atoms with Crippen molar-refractivity contribution in [2.45, 2.75) is 13.3 Å². The second-order valence-electron chi connectivity index (χ2n) is 6.99. The largest absolute Gasteiger partial charge is 0.416 e. The van der Waals surface area contributed by atoms with Crippen LogP contribution < -0.4 is 5.32 Å². The van der Waals surface area contributed by atoms with E-state index >= 15 is 0 Å². The highest BCUT2D eigenvalue weighted by Crippen LogP contribution is 2.24. The third-order valence-electron chi connectivity index (χ3n) is 4.70. The highest BCUT2D eigenvalue weighted by atomic mass is 35.5. The number of halogens is 1. The summed E-state index contributed by atoms with van der Waals surface area (Å²) < 4.78 is 5.80. The van der Waals surface area contributed by atoms with E-state index in [2.05, 4.69) is 15.5 Å². The molecule has 0 atom stereocenters. The molecule has 1 amide bonds. The lowest BCUT2D eigenvalue weighted by molar-refractivity contribution is 0.0954. The molecule has 0 aliphatic heterocycles. The number of nitrogens with zero attached hydrogens (tertiary/aromatic N) is 2. The van der Waals surface area contributed by atoms with Gasteiger partial charge in [-0.2, -0.15) is 0 Å². The van der Waals surface area contributed by atoms with Crippen LogP contribution in [0.25, 0.3) is 22.9 Å². The maximum absolute atomic E-state index is 12.4. The summed E-state index contributed by atoms with van der Waals surface area (Å²) in [5, 5.41) is 11.9. The predicted octanol–water partition coefficient (Wildman–Crippen LogP) is 5.34. The van der Waals surface area contributed by atoms with Gasteiger partial charge < -0.3 is 9.73 Å². The molecule has 6 heteroatoms. The van der Waals surface area contributed by atoms with Crippen LogP contribution in [0.3, 0.4) is 0 Å². The van der Waals surface area contributed by atoms with Crippen LogP contribution >= 0.6 is 11.6 Å². The summed E-state index contributed by atoms with van der Waals surface area (Å²) in [5.74, 6) is 0.764. The van der Waals surface area contributed by atoms with E-state index < -0.39 is 0 Å². The number of rotatable bonds is 6. The van der Waals surface area contributed by atoms with Crippen LogP contribution in [0.15, 0.2) is 77.2 Å². The van der Waals surface area contributed by atoms with Crippen LogP contribution in [-0.2, 0) is 6.42 Å². The lowest BCUT2D eigenvalue weighted by Gasteiger charge is -2.06. The maximum Gasteiger partial charge on any atom is 0.251 e. The Kier molecular flexibility index (Phi) is 5.91. The van der Waals surface area contributed by atoms with Crippen molar-refractivity contribution < 1.29 is 9.21 Å². The normalized spacial score (nSPS) is 10.7. The van der Waals surface area contributed by atoms with E-state index in [1.807, 2.05) is 67.6 Å². The average Bonchev–Trinajstić information content (AvgIpc) is 3.26. The monoisotopic (exact) mass is 417 g/mol. The van der Waals surface area contributed by atoms with Gasteiger partial charge in [0.05, 0.1) is 0 Å². The fourth-order valence-corrected chi connectivity index (χ4v) is 3.20. The van der Waals surface area contributed by atoms with Crippen molar-refractivity contribution in [3.8, 4) is 22.9 Å². The number of aromatic nitrogens is 2. The van der Waals surface area contributed by atoms with Gasteiger partial charge in [0.2, 0.25) is 11.8 Å². The number of aryl methyl sites for hydroxylation is 1. The van der Waals surface area contributed by atoms with Crippen LogP contribution in [0.5, 0.6) is 0 Å². The van der Waals surface area contributed by atoms with Crippen molar-refractivity contribution in [3.63, 3.8) is 0 Å². The Balaban J connectivity index is 1.38. The molecule has 1 aromatic heterocycles. The second-order valence-corrected chi connectivity index (χ2v) is 7.43. The van der Waals surface area contributed by atoms with Gasteiger partial charge in [0.1, 0.15) is 0 Å². The summed E-state index contributed by atoms with van der Waals surface area (Å²) in [7, 11) is 0. The average molecular weight is 418 g/mol. The van der Waals surface area contributed by atoms with E-state index in [9.17, 15) is 4.79 Å². The SMILES string of the molecule is Cc1cccc(-c2nnc(-c3ccc(C(=O)NCCc4ccc(Cl)cc4)cc3)o2)c1. The Morgan fingerprint density at radius 1 is 0.933 bits per heavy atom. The molecule has 3 aromatic carbocycles. The van der Waals surface area contributed by atoms with Crippen molar-refractivity contribution in [3.05, 3.63) is 94.5 Å². The zero-order valence-corrected chi connectivity index (χ0v) is 17.2. The molecule has 0 fully saturated rings. The lowest BCUT2D eigenvalue weighted by Crippen LogP contribution is -2.25. The van der Waals surface area contributed by atoms with E-state index in [0.29, 0.717) is 28.9 Å². The summed E-state index contributed by atoms with van der Waals surface area (Å²) >= 11 is 5.89. The molecule has 1 heterocycles. The highest BCUT2D eigenvalue weighted by molar-refractivity contribution is 6.30. The Morgan fingerprint density at radius 3 is 2.33 bits per heavy atom. The second kappa shape index (κ2) is 8.93. The van der Waals surface area contributed by atoms with Gasteiger partial charge >= 0.3 is 0 Å². The molecule has 30 heavy (non-hydrogen) atoms. The van der Waals surface area contributed by atoms with E-state index in [-0.39, 0.29) is 5.91 Å². The highest BCUT2D eigenvalue weighted by Gasteiger charge is 2.12. The van der Waals surface area contributed by atoms with Crippen LogP contribution in [0, 0.1) is 6.92 Å². The molecule has 0 saturated carbocycles. The first kappa shape index (κ1) is 19.9. The molecular formula is C24H20ClN3O2. The van der Waals surface area contributed by atoms with Crippen molar-refractivity contribution in [1.82, 2.24) is 15.5 Å². The summed E-state index contributed by atoms with van der Waals surface area (Å²) in [5.41, 5.74) is 4.47. The Hall–Kier alpha value is -3.44. The van der Waals surface area contributed by atoms with Gasteiger partial charge in [0.15, 0.2) is 0 Å².